The van der Waals surface area contributed by atoms with E-state index in [0.717, 1.165) is 31.2 Å². The number of hydrogen-bond donors (Lipinski definition) is 1. The van der Waals surface area contributed by atoms with Gasteiger partial charge in [-0.1, -0.05) is 18.2 Å². The Bertz CT molecular complexity index is 485. The molecule has 0 radical (unpaired) electrons. The number of hydrogen-bond acceptors (Lipinski definition) is 4. The van der Waals surface area contributed by atoms with Gasteiger partial charge in [-0.2, -0.15) is 0 Å². The number of rotatable bonds is 9. The molecule has 0 atom stereocenters. The Kier molecular flexibility index (Phi) is 5.92. The topological polar surface area (TPSA) is 48.3 Å². The van der Waals surface area contributed by atoms with E-state index in [9.17, 15) is 0 Å². The minimum Gasteiger partial charge on any atom is -0.494 e. The summed E-state index contributed by atoms with van der Waals surface area (Å²) < 4.78 is 12.8. The number of aromatic nitrogens is 2. The molecular formula is C15H21N3O2. The van der Waals surface area contributed by atoms with Crippen molar-refractivity contribution in [3.8, 4) is 5.75 Å². The fourth-order valence-corrected chi connectivity index (χ4v) is 1.86. The van der Waals surface area contributed by atoms with Crippen molar-refractivity contribution in [1.82, 2.24) is 9.55 Å². The predicted octanol–water partition coefficient (Wildman–Crippen LogP) is 2.41. The lowest BCUT2D eigenvalue weighted by atomic mass is 10.3. The molecule has 5 heteroatoms. The Labute approximate surface area is 119 Å². The number of aryl methyl sites for hydroxylation is 1. The van der Waals surface area contributed by atoms with Crippen LogP contribution in [0.25, 0.3) is 0 Å². The smallest absolute Gasteiger partial charge is 0.202 e. The monoisotopic (exact) mass is 275 g/mol. The summed E-state index contributed by atoms with van der Waals surface area (Å²) in [6.45, 7) is 3.00. The second-order valence-corrected chi connectivity index (χ2v) is 4.38. The van der Waals surface area contributed by atoms with Crippen molar-refractivity contribution in [1.29, 1.82) is 0 Å². The second-order valence-electron chi connectivity index (χ2n) is 4.38. The van der Waals surface area contributed by atoms with Gasteiger partial charge >= 0.3 is 0 Å². The van der Waals surface area contributed by atoms with E-state index in [-0.39, 0.29) is 0 Å². The number of para-hydroxylation sites is 1. The summed E-state index contributed by atoms with van der Waals surface area (Å²) in [5.74, 6) is 1.79. The minimum absolute atomic E-state index is 0.671. The molecule has 0 aliphatic carbocycles. The standard InChI is InChI=1S/C15H21N3O2/c1-19-13-9-17-15-16-8-11-18(15)10-5-12-20-14-6-3-2-4-7-14/h2-4,6-8,11H,5,9-10,12-13H2,1H3,(H,16,17). The molecule has 1 aromatic heterocycles. The van der Waals surface area contributed by atoms with Crippen LogP contribution in [0.15, 0.2) is 42.7 Å². The van der Waals surface area contributed by atoms with E-state index in [1.54, 1.807) is 13.3 Å². The van der Waals surface area contributed by atoms with Gasteiger partial charge in [0.25, 0.3) is 0 Å². The largest absolute Gasteiger partial charge is 0.494 e. The molecule has 0 amide bonds. The summed E-state index contributed by atoms with van der Waals surface area (Å²) in [6.07, 6.45) is 4.70. The van der Waals surface area contributed by atoms with E-state index in [1.165, 1.54) is 0 Å². The summed E-state index contributed by atoms with van der Waals surface area (Å²) >= 11 is 0. The third-order valence-corrected chi connectivity index (χ3v) is 2.86. The van der Waals surface area contributed by atoms with Gasteiger partial charge in [-0.3, -0.25) is 0 Å². The van der Waals surface area contributed by atoms with E-state index in [4.69, 9.17) is 9.47 Å². The fourth-order valence-electron chi connectivity index (χ4n) is 1.86. The number of imidazole rings is 1. The Morgan fingerprint density at radius 1 is 1.20 bits per heavy atom. The van der Waals surface area contributed by atoms with Gasteiger partial charge in [0.05, 0.1) is 13.2 Å². The van der Waals surface area contributed by atoms with Crippen molar-refractivity contribution in [3.05, 3.63) is 42.7 Å². The molecule has 1 aromatic carbocycles. The lowest BCUT2D eigenvalue weighted by Crippen LogP contribution is -2.13. The molecule has 0 spiro atoms. The van der Waals surface area contributed by atoms with E-state index in [1.807, 2.05) is 36.5 Å². The maximum atomic E-state index is 5.67. The zero-order valence-electron chi connectivity index (χ0n) is 11.8. The zero-order valence-corrected chi connectivity index (χ0v) is 11.8. The van der Waals surface area contributed by atoms with Crippen LogP contribution in [0.5, 0.6) is 5.75 Å². The molecule has 0 saturated heterocycles. The Balaban J connectivity index is 1.70. The third kappa shape index (κ3) is 4.59. The lowest BCUT2D eigenvalue weighted by Gasteiger charge is -2.10. The van der Waals surface area contributed by atoms with Crippen molar-refractivity contribution in [3.63, 3.8) is 0 Å². The normalized spacial score (nSPS) is 10.4. The van der Waals surface area contributed by atoms with Gasteiger partial charge in [-0.25, -0.2) is 4.98 Å². The molecule has 0 fully saturated rings. The van der Waals surface area contributed by atoms with Gasteiger partial charge in [0.2, 0.25) is 5.95 Å². The fraction of sp³-hybridized carbons (Fsp3) is 0.400. The van der Waals surface area contributed by atoms with Crippen LogP contribution >= 0.6 is 0 Å². The van der Waals surface area contributed by atoms with Crippen LogP contribution in [-0.4, -0.2) is 36.4 Å². The van der Waals surface area contributed by atoms with Gasteiger partial charge in [-0.15, -0.1) is 0 Å². The molecule has 5 nitrogen and oxygen atoms in total. The van der Waals surface area contributed by atoms with Gasteiger partial charge < -0.3 is 19.4 Å². The first kappa shape index (κ1) is 14.4. The van der Waals surface area contributed by atoms with Gasteiger partial charge in [0.1, 0.15) is 5.75 Å². The Morgan fingerprint density at radius 2 is 2.05 bits per heavy atom. The van der Waals surface area contributed by atoms with Gasteiger partial charge in [0, 0.05) is 32.6 Å². The molecule has 108 valence electrons. The van der Waals surface area contributed by atoms with Crippen LogP contribution in [0, 0.1) is 0 Å². The summed E-state index contributed by atoms with van der Waals surface area (Å²) in [7, 11) is 1.69. The highest BCUT2D eigenvalue weighted by Crippen LogP contribution is 2.09. The van der Waals surface area contributed by atoms with Crippen LogP contribution in [0.4, 0.5) is 5.95 Å². The molecule has 0 unspecified atom stereocenters. The molecule has 0 saturated carbocycles. The highest BCUT2D eigenvalue weighted by molar-refractivity contribution is 5.25. The van der Waals surface area contributed by atoms with Crippen molar-refractivity contribution in [2.24, 2.45) is 0 Å². The van der Waals surface area contributed by atoms with Crippen molar-refractivity contribution in [2.75, 3.05) is 32.2 Å². The predicted molar refractivity (Wildman–Crippen MR) is 79.1 cm³/mol. The summed E-state index contributed by atoms with van der Waals surface area (Å²) in [5, 5.41) is 3.24. The third-order valence-electron chi connectivity index (χ3n) is 2.86. The highest BCUT2D eigenvalue weighted by atomic mass is 16.5. The average Bonchev–Trinajstić information content (AvgIpc) is 2.93. The van der Waals surface area contributed by atoms with E-state index < -0.39 is 0 Å². The minimum atomic E-state index is 0.671. The van der Waals surface area contributed by atoms with Gasteiger partial charge in [0.15, 0.2) is 0 Å². The van der Waals surface area contributed by atoms with Crippen LogP contribution in [-0.2, 0) is 11.3 Å². The maximum absolute atomic E-state index is 5.67. The maximum Gasteiger partial charge on any atom is 0.202 e. The van der Waals surface area contributed by atoms with Crippen molar-refractivity contribution in [2.45, 2.75) is 13.0 Å². The van der Waals surface area contributed by atoms with Crippen LogP contribution in [0.3, 0.4) is 0 Å². The van der Waals surface area contributed by atoms with Crippen molar-refractivity contribution >= 4 is 5.95 Å². The molecule has 0 aliphatic heterocycles. The van der Waals surface area contributed by atoms with E-state index in [2.05, 4.69) is 14.9 Å². The number of anilines is 1. The molecule has 2 aromatic rings. The zero-order chi connectivity index (χ0) is 14.0. The molecule has 1 N–H and O–H groups in total. The molecule has 0 bridgehead atoms. The first-order chi connectivity index (χ1) is 9.90. The summed E-state index contributed by atoms with van der Waals surface area (Å²) in [5.41, 5.74) is 0. The Hall–Kier alpha value is -2.01. The molecule has 2 rings (SSSR count). The SMILES string of the molecule is COCCNc1nccn1CCCOc1ccccc1. The van der Waals surface area contributed by atoms with Gasteiger partial charge in [-0.05, 0) is 18.6 Å². The highest BCUT2D eigenvalue weighted by Gasteiger charge is 2.01. The lowest BCUT2D eigenvalue weighted by molar-refractivity contribution is 0.210. The Morgan fingerprint density at radius 3 is 2.85 bits per heavy atom. The molecule has 1 heterocycles. The summed E-state index contributed by atoms with van der Waals surface area (Å²) in [6, 6.07) is 9.87. The number of nitrogens with zero attached hydrogens (tertiary/aromatic N) is 2. The van der Waals surface area contributed by atoms with E-state index >= 15 is 0 Å². The first-order valence-corrected chi connectivity index (χ1v) is 6.82. The average molecular weight is 275 g/mol. The molecular weight excluding hydrogens is 254 g/mol. The first-order valence-electron chi connectivity index (χ1n) is 6.82. The number of nitrogens with one attached hydrogen (secondary N) is 1. The van der Waals surface area contributed by atoms with Crippen LogP contribution in [0.2, 0.25) is 0 Å². The van der Waals surface area contributed by atoms with Crippen LogP contribution in [0.1, 0.15) is 6.42 Å². The molecule has 20 heavy (non-hydrogen) atoms. The second kappa shape index (κ2) is 8.22. The summed E-state index contributed by atoms with van der Waals surface area (Å²) in [4.78, 5) is 4.28. The molecule has 0 aliphatic rings. The van der Waals surface area contributed by atoms with E-state index in [0.29, 0.717) is 13.2 Å². The number of ether oxygens (including phenoxy) is 2. The number of methoxy groups -OCH3 is 1. The number of benzene rings is 1. The van der Waals surface area contributed by atoms with Crippen LogP contribution < -0.4 is 10.1 Å². The van der Waals surface area contributed by atoms with Crippen molar-refractivity contribution < 1.29 is 9.47 Å². The quantitative estimate of drug-likeness (QED) is 0.714.